The molecule has 8 heteroatoms. The molecular formula is C18H16BNO6. The van der Waals surface area contributed by atoms with Gasteiger partial charge in [0.05, 0.1) is 19.8 Å². The molecule has 2 aromatic rings. The summed E-state index contributed by atoms with van der Waals surface area (Å²) < 4.78 is 21.1. The average molecular weight is 353 g/mol. The number of hydrogen-bond acceptors (Lipinski definition) is 6. The van der Waals surface area contributed by atoms with Gasteiger partial charge in [0.1, 0.15) is 17.2 Å². The van der Waals surface area contributed by atoms with Crippen molar-refractivity contribution in [2.24, 2.45) is 0 Å². The summed E-state index contributed by atoms with van der Waals surface area (Å²) in [5, 5.41) is 9.65. The highest BCUT2D eigenvalue weighted by molar-refractivity contribution is 6.61. The summed E-state index contributed by atoms with van der Waals surface area (Å²) in [6.45, 7) is 9.20. The minimum absolute atomic E-state index is 0.241. The molecule has 0 bridgehead atoms. The first kappa shape index (κ1) is 17.8. The molecule has 1 heterocycles. The SMILES string of the molecule is [C-]#[N+]c1ccc(Oc2ccc3c(c2)COB3O)cc1OCC(=O)OCC. The molecule has 0 fully saturated rings. The van der Waals surface area contributed by atoms with E-state index in [0.29, 0.717) is 18.1 Å². The highest BCUT2D eigenvalue weighted by Crippen LogP contribution is 2.34. The molecule has 0 radical (unpaired) electrons. The van der Waals surface area contributed by atoms with Crippen LogP contribution in [0.3, 0.4) is 0 Å². The van der Waals surface area contributed by atoms with Gasteiger partial charge in [-0.15, -0.1) is 0 Å². The van der Waals surface area contributed by atoms with E-state index in [0.717, 1.165) is 11.0 Å². The summed E-state index contributed by atoms with van der Waals surface area (Å²) in [6, 6.07) is 10.00. The number of carbonyl (C=O) groups is 1. The molecule has 26 heavy (non-hydrogen) atoms. The van der Waals surface area contributed by atoms with Crippen LogP contribution in [-0.2, 0) is 20.8 Å². The summed E-state index contributed by atoms with van der Waals surface area (Å²) in [7, 11) is -0.903. The van der Waals surface area contributed by atoms with Crippen molar-refractivity contribution in [2.45, 2.75) is 13.5 Å². The lowest BCUT2D eigenvalue weighted by atomic mass is 9.80. The Morgan fingerprint density at radius 2 is 2.08 bits per heavy atom. The molecule has 3 rings (SSSR count). The number of hydrogen-bond donors (Lipinski definition) is 1. The van der Waals surface area contributed by atoms with Crippen LogP contribution in [0.2, 0.25) is 0 Å². The van der Waals surface area contributed by atoms with E-state index in [9.17, 15) is 9.82 Å². The van der Waals surface area contributed by atoms with E-state index in [-0.39, 0.29) is 24.7 Å². The second-order valence-corrected chi connectivity index (χ2v) is 5.46. The number of benzene rings is 2. The Kier molecular flexibility index (Phi) is 5.41. The molecular weight excluding hydrogens is 337 g/mol. The van der Waals surface area contributed by atoms with Gasteiger partial charge in [0.2, 0.25) is 5.69 Å². The van der Waals surface area contributed by atoms with E-state index < -0.39 is 13.1 Å². The Bertz CT molecular complexity index is 863. The van der Waals surface area contributed by atoms with E-state index in [4.69, 9.17) is 25.4 Å². The standard InChI is InChI=1S/C18H16BNO6/c1-3-23-18(21)11-24-17-9-14(5-7-16(17)20-2)26-13-4-6-15-12(8-13)10-25-19(15)22/h4-9,22H,3,10-11H2,1H3. The van der Waals surface area contributed by atoms with Crippen molar-refractivity contribution in [1.29, 1.82) is 0 Å². The molecule has 132 valence electrons. The molecule has 0 atom stereocenters. The van der Waals surface area contributed by atoms with Gasteiger partial charge in [-0.05, 0) is 42.2 Å². The first-order chi connectivity index (χ1) is 12.6. The maximum absolute atomic E-state index is 11.4. The van der Waals surface area contributed by atoms with Gasteiger partial charge < -0.3 is 23.9 Å². The Morgan fingerprint density at radius 3 is 2.85 bits per heavy atom. The van der Waals surface area contributed by atoms with Crippen molar-refractivity contribution in [3.63, 3.8) is 0 Å². The van der Waals surface area contributed by atoms with E-state index in [1.165, 1.54) is 0 Å². The molecule has 0 aliphatic carbocycles. The van der Waals surface area contributed by atoms with E-state index in [1.807, 2.05) is 0 Å². The van der Waals surface area contributed by atoms with Crippen molar-refractivity contribution in [1.82, 2.24) is 0 Å². The van der Waals surface area contributed by atoms with Gasteiger partial charge in [-0.3, -0.25) is 0 Å². The second kappa shape index (κ2) is 7.91. The Hall–Kier alpha value is -3.02. The molecule has 0 spiro atoms. The predicted molar refractivity (Wildman–Crippen MR) is 93.7 cm³/mol. The summed E-state index contributed by atoms with van der Waals surface area (Å²) in [4.78, 5) is 14.8. The highest BCUT2D eigenvalue weighted by atomic mass is 16.6. The molecule has 1 N–H and O–H groups in total. The fourth-order valence-electron chi connectivity index (χ4n) is 2.51. The number of rotatable bonds is 6. The Morgan fingerprint density at radius 1 is 1.31 bits per heavy atom. The van der Waals surface area contributed by atoms with Gasteiger partial charge in [-0.1, -0.05) is 6.07 Å². The zero-order chi connectivity index (χ0) is 18.5. The van der Waals surface area contributed by atoms with Crippen molar-refractivity contribution < 1.29 is 28.7 Å². The molecule has 2 aromatic carbocycles. The first-order valence-corrected chi connectivity index (χ1v) is 8.01. The Balaban J connectivity index is 1.75. The average Bonchev–Trinajstić information content (AvgIpc) is 3.01. The van der Waals surface area contributed by atoms with Crippen LogP contribution in [0.15, 0.2) is 36.4 Å². The minimum atomic E-state index is -0.903. The zero-order valence-corrected chi connectivity index (χ0v) is 14.1. The minimum Gasteiger partial charge on any atom is -0.493 e. The summed E-state index contributed by atoms with van der Waals surface area (Å²) in [6.07, 6.45) is 0. The van der Waals surface area contributed by atoms with Crippen molar-refractivity contribution in [2.75, 3.05) is 13.2 Å². The van der Waals surface area contributed by atoms with Gasteiger partial charge in [-0.2, -0.15) is 0 Å². The normalized spacial score (nSPS) is 12.3. The molecule has 7 nitrogen and oxygen atoms in total. The van der Waals surface area contributed by atoms with Crippen molar-refractivity contribution >= 4 is 24.2 Å². The lowest BCUT2D eigenvalue weighted by Crippen LogP contribution is -2.27. The van der Waals surface area contributed by atoms with Crippen LogP contribution in [0.1, 0.15) is 12.5 Å². The number of esters is 1. The van der Waals surface area contributed by atoms with Crippen LogP contribution in [0, 0.1) is 6.57 Å². The van der Waals surface area contributed by atoms with Crippen molar-refractivity contribution in [3.8, 4) is 17.2 Å². The van der Waals surface area contributed by atoms with Crippen LogP contribution in [-0.4, -0.2) is 31.3 Å². The predicted octanol–water partition coefficient (Wildman–Crippen LogP) is 2.19. The topological polar surface area (TPSA) is 78.6 Å². The molecule has 0 unspecified atom stereocenters. The number of fused-ring (bicyclic) bond motifs is 1. The van der Waals surface area contributed by atoms with Gasteiger partial charge in [-0.25, -0.2) is 9.64 Å². The molecule has 0 saturated heterocycles. The van der Waals surface area contributed by atoms with Crippen LogP contribution in [0.25, 0.3) is 4.85 Å². The Labute approximate surface area is 151 Å². The fraction of sp³-hybridized carbons (Fsp3) is 0.222. The van der Waals surface area contributed by atoms with Crippen LogP contribution in [0.5, 0.6) is 17.2 Å². The summed E-state index contributed by atoms with van der Waals surface area (Å²) >= 11 is 0. The molecule has 0 saturated carbocycles. The van der Waals surface area contributed by atoms with Crippen LogP contribution >= 0.6 is 0 Å². The lowest BCUT2D eigenvalue weighted by molar-refractivity contribution is -0.145. The van der Waals surface area contributed by atoms with Gasteiger partial charge in [0.25, 0.3) is 0 Å². The summed E-state index contributed by atoms with van der Waals surface area (Å²) in [5.41, 5.74) is 1.85. The van der Waals surface area contributed by atoms with E-state index >= 15 is 0 Å². The molecule has 0 aromatic heterocycles. The van der Waals surface area contributed by atoms with Crippen LogP contribution < -0.4 is 14.9 Å². The quantitative estimate of drug-likeness (QED) is 0.487. The smallest absolute Gasteiger partial charge is 0.491 e. The van der Waals surface area contributed by atoms with Crippen molar-refractivity contribution in [3.05, 3.63) is 53.4 Å². The van der Waals surface area contributed by atoms with Gasteiger partial charge in [0, 0.05) is 6.07 Å². The third-order valence-electron chi connectivity index (χ3n) is 3.72. The molecule has 0 amide bonds. The third kappa shape index (κ3) is 3.96. The first-order valence-electron chi connectivity index (χ1n) is 8.01. The maximum atomic E-state index is 11.4. The largest absolute Gasteiger partial charge is 0.493 e. The molecule has 1 aliphatic heterocycles. The maximum Gasteiger partial charge on any atom is 0.491 e. The van der Waals surface area contributed by atoms with Gasteiger partial charge >= 0.3 is 13.1 Å². The fourth-order valence-corrected chi connectivity index (χ4v) is 2.51. The highest BCUT2D eigenvalue weighted by Gasteiger charge is 2.27. The summed E-state index contributed by atoms with van der Waals surface area (Å²) in [5.74, 6) is 0.751. The van der Waals surface area contributed by atoms with E-state index in [1.54, 1.807) is 43.3 Å². The monoisotopic (exact) mass is 353 g/mol. The van der Waals surface area contributed by atoms with Crippen LogP contribution in [0.4, 0.5) is 5.69 Å². The lowest BCUT2D eigenvalue weighted by Gasteiger charge is -2.11. The molecule has 1 aliphatic rings. The number of nitrogens with zero attached hydrogens (tertiary/aromatic N) is 1. The zero-order valence-electron chi connectivity index (χ0n) is 14.1. The second-order valence-electron chi connectivity index (χ2n) is 5.46. The number of carbonyl (C=O) groups excluding carboxylic acids is 1. The van der Waals surface area contributed by atoms with Gasteiger partial charge in [0.15, 0.2) is 6.61 Å². The number of ether oxygens (including phenoxy) is 3. The van der Waals surface area contributed by atoms with E-state index in [2.05, 4.69) is 4.85 Å². The third-order valence-corrected chi connectivity index (χ3v) is 3.72.